The number of benzene rings is 4. The average molecular weight is 570 g/mol. The molecule has 1 saturated heterocycles. The van der Waals surface area contributed by atoms with Crippen LogP contribution in [0.3, 0.4) is 0 Å². The number of carbonyl (C=O) groups excluding carboxylic acids is 1. The van der Waals surface area contributed by atoms with Gasteiger partial charge < -0.3 is 24.6 Å². The van der Waals surface area contributed by atoms with Crippen LogP contribution < -0.4 is 10.1 Å². The van der Waals surface area contributed by atoms with E-state index in [0.29, 0.717) is 12.1 Å². The predicted molar refractivity (Wildman–Crippen MR) is 161 cm³/mol. The maximum atomic E-state index is 12.4. The fraction of sp³-hybridized carbons (Fsp3) is 0.265. The average Bonchev–Trinajstić information content (AvgIpc) is 3.04. The third kappa shape index (κ3) is 7.18. The van der Waals surface area contributed by atoms with Crippen LogP contribution in [-0.2, 0) is 22.6 Å². The van der Waals surface area contributed by atoms with Crippen LogP contribution >= 0.6 is 11.8 Å². The van der Waals surface area contributed by atoms with Gasteiger partial charge in [0.25, 0.3) is 5.91 Å². The number of amides is 1. The van der Waals surface area contributed by atoms with Gasteiger partial charge in [-0.2, -0.15) is 0 Å². The molecule has 1 heterocycles. The van der Waals surface area contributed by atoms with Gasteiger partial charge in [-0.3, -0.25) is 4.79 Å². The number of para-hydroxylation sites is 1. The first-order valence-electron chi connectivity index (χ1n) is 13.7. The van der Waals surface area contributed by atoms with Crippen molar-refractivity contribution in [1.29, 1.82) is 0 Å². The van der Waals surface area contributed by atoms with E-state index < -0.39 is 6.29 Å². The maximum absolute atomic E-state index is 12.4. The molecule has 1 aliphatic rings. The lowest BCUT2D eigenvalue weighted by Crippen LogP contribution is -2.38. The van der Waals surface area contributed by atoms with Gasteiger partial charge in [0.15, 0.2) is 6.29 Å². The van der Waals surface area contributed by atoms with Crippen molar-refractivity contribution in [2.45, 2.75) is 43.5 Å². The molecule has 0 spiro atoms. The molecule has 0 aliphatic carbocycles. The molecular weight excluding hydrogens is 534 g/mol. The summed E-state index contributed by atoms with van der Waals surface area (Å²) in [5.74, 6) is 1.56. The summed E-state index contributed by atoms with van der Waals surface area (Å²) in [5.41, 5.74) is 4.46. The Morgan fingerprint density at radius 2 is 1.51 bits per heavy atom. The summed E-state index contributed by atoms with van der Waals surface area (Å²) in [6.07, 6.45) is -0.824. The highest BCUT2D eigenvalue weighted by atomic mass is 32.2. The summed E-state index contributed by atoms with van der Waals surface area (Å²) < 4.78 is 18.7. The van der Waals surface area contributed by atoms with Crippen molar-refractivity contribution in [3.8, 4) is 5.75 Å². The van der Waals surface area contributed by atoms with E-state index in [1.807, 2.05) is 84.9 Å². The van der Waals surface area contributed by atoms with Gasteiger partial charge in [-0.15, -0.1) is 11.8 Å². The number of carbonyl (C=O) groups is 1. The molecule has 5 rings (SSSR count). The maximum Gasteiger partial charge on any atom is 0.251 e. The van der Waals surface area contributed by atoms with Crippen LogP contribution in [0.1, 0.15) is 51.9 Å². The Bertz CT molecular complexity index is 1410. The number of hydrogen-bond donors (Lipinski definition) is 2. The minimum atomic E-state index is -0.551. The Balaban J connectivity index is 1.32. The summed E-state index contributed by atoms with van der Waals surface area (Å²) in [6.45, 7) is 2.59. The third-order valence-electron chi connectivity index (χ3n) is 7.34. The summed E-state index contributed by atoms with van der Waals surface area (Å²) >= 11 is 1.71. The van der Waals surface area contributed by atoms with Crippen LogP contribution in [0.15, 0.2) is 108 Å². The van der Waals surface area contributed by atoms with Gasteiger partial charge in [0, 0.05) is 34.2 Å². The number of rotatable bonds is 10. The molecule has 0 radical (unpaired) electrons. The Labute approximate surface area is 245 Å². The number of hydrogen-bond acceptors (Lipinski definition) is 6. The molecule has 4 atom stereocenters. The molecule has 41 heavy (non-hydrogen) atoms. The lowest BCUT2D eigenvalue weighted by Gasteiger charge is -2.41. The smallest absolute Gasteiger partial charge is 0.251 e. The van der Waals surface area contributed by atoms with Crippen LogP contribution in [-0.4, -0.2) is 30.0 Å². The van der Waals surface area contributed by atoms with Gasteiger partial charge in [-0.1, -0.05) is 85.8 Å². The quantitative estimate of drug-likeness (QED) is 0.207. The number of nitrogens with one attached hydrogen (secondary N) is 1. The van der Waals surface area contributed by atoms with Crippen molar-refractivity contribution in [1.82, 2.24) is 5.32 Å². The van der Waals surface area contributed by atoms with Crippen molar-refractivity contribution in [2.75, 3.05) is 12.9 Å². The first-order valence-corrected chi connectivity index (χ1v) is 14.7. The van der Waals surface area contributed by atoms with Gasteiger partial charge in [0.05, 0.1) is 25.9 Å². The molecule has 6 nitrogen and oxygen atoms in total. The monoisotopic (exact) mass is 569 g/mol. The molecule has 0 bridgehead atoms. The highest BCUT2D eigenvalue weighted by Crippen LogP contribution is 2.43. The van der Waals surface area contributed by atoms with Gasteiger partial charge >= 0.3 is 0 Å². The largest absolute Gasteiger partial charge is 0.496 e. The molecule has 1 fully saturated rings. The SMILES string of the molecule is COc1ccccc1SCC1OC(c2ccc(CNC(=O)c3ccccc3)cc2)OC(c2ccc(CO)cc2)C1C. The fourth-order valence-electron chi connectivity index (χ4n) is 4.89. The Morgan fingerprint density at radius 3 is 2.22 bits per heavy atom. The van der Waals surface area contributed by atoms with Crippen molar-refractivity contribution in [2.24, 2.45) is 5.92 Å². The summed E-state index contributed by atoms with van der Waals surface area (Å²) in [7, 11) is 1.69. The Kier molecular flexibility index (Phi) is 9.75. The number of methoxy groups -OCH3 is 1. The van der Waals surface area contributed by atoms with Gasteiger partial charge in [0.2, 0.25) is 0 Å². The number of aliphatic hydroxyl groups excluding tert-OH is 1. The summed E-state index contributed by atoms with van der Waals surface area (Å²) in [5, 5.41) is 12.5. The van der Waals surface area contributed by atoms with E-state index in [2.05, 4.69) is 18.3 Å². The molecule has 212 valence electrons. The van der Waals surface area contributed by atoms with E-state index in [4.69, 9.17) is 14.2 Å². The van der Waals surface area contributed by atoms with Crippen LogP contribution in [0.25, 0.3) is 0 Å². The molecule has 1 aliphatic heterocycles. The molecule has 0 saturated carbocycles. The second-order valence-corrected chi connectivity index (χ2v) is 11.1. The van der Waals surface area contributed by atoms with Crippen molar-refractivity contribution in [3.05, 3.63) is 131 Å². The zero-order valence-electron chi connectivity index (χ0n) is 23.2. The van der Waals surface area contributed by atoms with E-state index in [-0.39, 0.29) is 30.6 Å². The van der Waals surface area contributed by atoms with Crippen molar-refractivity contribution >= 4 is 17.7 Å². The highest BCUT2D eigenvalue weighted by Gasteiger charge is 2.38. The molecule has 4 aromatic carbocycles. The van der Waals surface area contributed by atoms with E-state index in [1.54, 1.807) is 31.0 Å². The van der Waals surface area contributed by atoms with Crippen molar-refractivity contribution in [3.63, 3.8) is 0 Å². The zero-order valence-corrected chi connectivity index (χ0v) is 24.1. The topological polar surface area (TPSA) is 77.0 Å². The first-order chi connectivity index (χ1) is 20.1. The number of thioether (sulfide) groups is 1. The van der Waals surface area contributed by atoms with Crippen LogP contribution in [0.4, 0.5) is 0 Å². The van der Waals surface area contributed by atoms with Crippen LogP contribution in [0.2, 0.25) is 0 Å². The second kappa shape index (κ2) is 13.8. The van der Waals surface area contributed by atoms with E-state index in [9.17, 15) is 9.90 Å². The van der Waals surface area contributed by atoms with Crippen LogP contribution in [0, 0.1) is 5.92 Å². The molecule has 0 aromatic heterocycles. The van der Waals surface area contributed by atoms with Gasteiger partial charge in [0.1, 0.15) is 5.75 Å². The molecular formula is C34H35NO5S. The second-order valence-electron chi connectivity index (χ2n) is 10.1. The number of aliphatic hydroxyl groups is 1. The minimum absolute atomic E-state index is 0.00339. The van der Waals surface area contributed by atoms with Crippen molar-refractivity contribution < 1.29 is 24.1 Å². The predicted octanol–water partition coefficient (Wildman–Crippen LogP) is 6.70. The van der Waals surface area contributed by atoms with E-state index in [1.165, 1.54) is 0 Å². The van der Waals surface area contributed by atoms with E-state index in [0.717, 1.165) is 38.7 Å². The molecule has 4 unspecified atom stereocenters. The first kappa shape index (κ1) is 28.9. The Morgan fingerprint density at radius 1 is 0.854 bits per heavy atom. The van der Waals surface area contributed by atoms with Gasteiger partial charge in [-0.25, -0.2) is 0 Å². The van der Waals surface area contributed by atoms with Crippen LogP contribution in [0.5, 0.6) is 5.75 Å². The lowest BCUT2D eigenvalue weighted by molar-refractivity contribution is -0.268. The highest BCUT2D eigenvalue weighted by molar-refractivity contribution is 7.99. The lowest BCUT2D eigenvalue weighted by atomic mass is 9.91. The third-order valence-corrected chi connectivity index (χ3v) is 8.48. The zero-order chi connectivity index (χ0) is 28.6. The van der Waals surface area contributed by atoms with E-state index >= 15 is 0 Å². The molecule has 2 N–H and O–H groups in total. The standard InChI is InChI=1S/C34H35NO5S/c1-23-30(22-41-31-11-7-6-10-29(31)38-2)39-34(40-32(23)26-16-14-25(21-36)15-17-26)28-18-12-24(13-19-28)20-35-33(37)27-8-4-3-5-9-27/h3-19,23,30,32,34,36H,20-22H2,1-2H3,(H,35,37). The number of ether oxygens (including phenoxy) is 3. The van der Waals surface area contributed by atoms with Gasteiger partial charge in [-0.05, 0) is 41.0 Å². The molecule has 4 aromatic rings. The minimum Gasteiger partial charge on any atom is -0.496 e. The summed E-state index contributed by atoms with van der Waals surface area (Å²) in [6, 6.07) is 33.1. The normalized spacial score (nSPS) is 20.4. The fourth-order valence-corrected chi connectivity index (χ4v) is 6.08. The molecule has 7 heteroatoms. The summed E-state index contributed by atoms with van der Waals surface area (Å²) in [4.78, 5) is 13.5. The Hall–Kier alpha value is -3.62. The molecule has 1 amide bonds.